The fraction of sp³-hybridized carbons (Fsp3) is 0.940. The van der Waals surface area contributed by atoms with Crippen LogP contribution in [-0.4, -0.2) is 77.1 Å². The van der Waals surface area contributed by atoms with Gasteiger partial charge in [-0.25, -0.2) is 0 Å². The summed E-state index contributed by atoms with van der Waals surface area (Å²) in [4.78, 5) is 33.9. The molecule has 0 spiro atoms. The number of carboxylic acids is 2. The molecule has 0 aromatic rings. The van der Waals surface area contributed by atoms with Crippen LogP contribution in [0, 0.1) is 35.5 Å². The molecule has 60 heavy (non-hydrogen) atoms. The zero-order valence-electron chi connectivity index (χ0n) is 38.8. The summed E-state index contributed by atoms with van der Waals surface area (Å²) < 4.78 is 24.4. The van der Waals surface area contributed by atoms with Gasteiger partial charge in [0.1, 0.15) is 5.78 Å². The number of carboxylic acid groups (broad SMARTS) is 2. The molecule has 2 aliphatic carbocycles. The Morgan fingerprint density at radius 3 is 1.45 bits per heavy atom. The second-order valence-corrected chi connectivity index (χ2v) is 19.3. The monoisotopic (exact) mass is 851 g/mol. The molecule has 2 saturated heterocycles. The van der Waals surface area contributed by atoms with E-state index in [-0.39, 0.29) is 30.7 Å². The average Bonchev–Trinajstić information content (AvgIpc) is 3.99. The predicted octanol–water partition coefficient (Wildman–Crippen LogP) is 12.1. The number of hydrogen-bond acceptors (Lipinski definition) is 8. The molecule has 2 saturated carbocycles. The smallest absolute Gasteiger partial charge is 0.303 e. The summed E-state index contributed by atoms with van der Waals surface area (Å²) in [5.41, 5.74) is 0. The van der Waals surface area contributed by atoms with Crippen molar-refractivity contribution in [3.8, 4) is 0 Å². The van der Waals surface area contributed by atoms with E-state index >= 15 is 0 Å². The molecule has 4 fully saturated rings. The Bertz CT molecular complexity index is 1160. The zero-order valence-corrected chi connectivity index (χ0v) is 38.8. The van der Waals surface area contributed by atoms with Crippen molar-refractivity contribution >= 4 is 17.7 Å². The number of aliphatic carboxylic acids is 2. The van der Waals surface area contributed by atoms with E-state index in [0.29, 0.717) is 68.2 Å². The molecule has 2 heterocycles. The molecule has 0 radical (unpaired) electrons. The minimum Gasteiger partial charge on any atom is -0.481 e. The number of Topliss-reactive ketones (excluding diaryl/α,β-unsaturated/α-hetero) is 1. The first-order valence-electron chi connectivity index (χ1n) is 25.1. The third-order valence-corrected chi connectivity index (χ3v) is 14.6. The lowest BCUT2D eigenvalue weighted by Crippen LogP contribution is -2.32. The lowest BCUT2D eigenvalue weighted by atomic mass is 9.81. The number of carbonyl (C=O) groups is 3. The highest BCUT2D eigenvalue weighted by atomic mass is 16.7. The van der Waals surface area contributed by atoms with Crippen molar-refractivity contribution in [3.63, 3.8) is 0 Å². The van der Waals surface area contributed by atoms with Gasteiger partial charge in [0.15, 0.2) is 11.6 Å². The molecule has 350 valence electrons. The van der Waals surface area contributed by atoms with Gasteiger partial charge in [0.05, 0.1) is 32.5 Å². The fourth-order valence-electron chi connectivity index (χ4n) is 11.1. The molecule has 10 nitrogen and oxygen atoms in total. The van der Waals surface area contributed by atoms with Crippen molar-refractivity contribution in [1.82, 2.24) is 0 Å². The summed E-state index contributed by atoms with van der Waals surface area (Å²) >= 11 is 0. The third kappa shape index (κ3) is 19.4. The standard InChI is InChI=1S/C25H46O5.C25H44O5/c2*1-3-4-5-8-11-15-25(29-17-18-30-25)16-14-21-20(2)19-23(26)22(21)12-9-6-7-10-13-24(27)28/h20-23,26H,3-19H2,1-2H3,(H,27,28);20-22H,3-19H2,1-2H3,(H,27,28)/t20-,21+,22-,23+;20-,21+,22-/m11/s1. The Morgan fingerprint density at radius 1 is 0.533 bits per heavy atom. The number of hydrogen-bond donors (Lipinski definition) is 3. The van der Waals surface area contributed by atoms with Gasteiger partial charge in [-0.15, -0.1) is 0 Å². The van der Waals surface area contributed by atoms with Crippen LogP contribution >= 0.6 is 0 Å². The minimum atomic E-state index is -0.717. The number of ether oxygens (including phenoxy) is 4. The number of aliphatic hydroxyl groups is 1. The normalized spacial score (nSPS) is 27.0. The van der Waals surface area contributed by atoms with E-state index in [2.05, 4.69) is 27.7 Å². The van der Waals surface area contributed by atoms with E-state index < -0.39 is 17.7 Å². The Hall–Kier alpha value is -1.59. The van der Waals surface area contributed by atoms with Crippen molar-refractivity contribution in [2.75, 3.05) is 26.4 Å². The maximum atomic E-state index is 12.6. The van der Waals surface area contributed by atoms with Crippen molar-refractivity contribution in [2.24, 2.45) is 35.5 Å². The van der Waals surface area contributed by atoms with Crippen LogP contribution in [0.3, 0.4) is 0 Å². The summed E-state index contributed by atoms with van der Waals surface area (Å²) in [5, 5.41) is 28.1. The van der Waals surface area contributed by atoms with Crippen LogP contribution in [0.1, 0.15) is 220 Å². The maximum absolute atomic E-state index is 12.6. The van der Waals surface area contributed by atoms with Crippen molar-refractivity contribution in [2.45, 2.75) is 238 Å². The molecule has 2 aliphatic heterocycles. The van der Waals surface area contributed by atoms with Gasteiger partial charge in [-0.2, -0.15) is 0 Å². The van der Waals surface area contributed by atoms with Gasteiger partial charge in [-0.1, -0.05) is 118 Å². The molecule has 0 amide bonds. The Kier molecular flexibility index (Phi) is 26.1. The van der Waals surface area contributed by atoms with E-state index in [4.69, 9.17) is 29.2 Å². The molecule has 10 heteroatoms. The Morgan fingerprint density at radius 2 is 0.967 bits per heavy atom. The summed E-state index contributed by atoms with van der Waals surface area (Å²) in [6.07, 6.45) is 30.0. The number of unbranched alkanes of at least 4 members (excludes halogenated alkanes) is 14. The Balaban J connectivity index is 0.000000320. The average molecular weight is 851 g/mol. The molecule has 7 atom stereocenters. The van der Waals surface area contributed by atoms with E-state index in [1.807, 2.05) is 0 Å². The van der Waals surface area contributed by atoms with Crippen molar-refractivity contribution in [1.29, 1.82) is 0 Å². The van der Waals surface area contributed by atoms with E-state index in [9.17, 15) is 19.5 Å². The fourth-order valence-corrected chi connectivity index (χ4v) is 11.1. The quantitative estimate of drug-likeness (QED) is 0.0558. The predicted molar refractivity (Wildman–Crippen MR) is 238 cm³/mol. The number of rotatable bonds is 32. The van der Waals surface area contributed by atoms with Gasteiger partial charge in [-0.05, 0) is 87.4 Å². The second kappa shape index (κ2) is 29.7. The SMILES string of the molecule is CCCCCCCC1(CC[C@@H]2[C@@H](CCCCCCC(=O)O)[C@@H](O)C[C@H]2C)OCCO1.CCCCCCCC1(CC[C@H]2[C@H](C)CC(=O)[C@@H]2CCCCCCC(=O)O)OCCO1. The van der Waals surface area contributed by atoms with Gasteiger partial charge >= 0.3 is 11.9 Å². The zero-order chi connectivity index (χ0) is 43.6. The number of ketones is 1. The Labute approximate surface area is 365 Å². The van der Waals surface area contributed by atoms with E-state index in [1.54, 1.807) is 0 Å². The molecule has 4 aliphatic rings. The van der Waals surface area contributed by atoms with Crippen LogP contribution in [0.4, 0.5) is 0 Å². The third-order valence-electron chi connectivity index (χ3n) is 14.6. The molecule has 0 unspecified atom stereocenters. The van der Waals surface area contributed by atoms with Crippen LogP contribution in [0.15, 0.2) is 0 Å². The minimum absolute atomic E-state index is 0.169. The summed E-state index contributed by atoms with van der Waals surface area (Å²) in [5.74, 6) is 0.684. The van der Waals surface area contributed by atoms with Gasteiger partial charge in [-0.3, -0.25) is 14.4 Å². The molecular formula is C50H90O10. The van der Waals surface area contributed by atoms with Crippen LogP contribution in [-0.2, 0) is 33.3 Å². The van der Waals surface area contributed by atoms with Gasteiger partial charge < -0.3 is 34.3 Å². The largest absolute Gasteiger partial charge is 0.481 e. The lowest BCUT2D eigenvalue weighted by molar-refractivity contribution is -0.171. The second-order valence-electron chi connectivity index (χ2n) is 19.3. The van der Waals surface area contributed by atoms with Gasteiger partial charge in [0.2, 0.25) is 0 Å². The molecule has 0 bridgehead atoms. The van der Waals surface area contributed by atoms with Crippen LogP contribution < -0.4 is 0 Å². The number of aliphatic hydroxyl groups excluding tert-OH is 1. The van der Waals surface area contributed by atoms with Gasteiger partial charge in [0, 0.05) is 50.9 Å². The summed E-state index contributed by atoms with van der Waals surface area (Å²) in [6, 6.07) is 0. The molecule has 0 aromatic carbocycles. The van der Waals surface area contributed by atoms with Crippen LogP contribution in [0.5, 0.6) is 0 Å². The maximum Gasteiger partial charge on any atom is 0.303 e. The topological polar surface area (TPSA) is 149 Å². The highest BCUT2D eigenvalue weighted by molar-refractivity contribution is 5.83. The molecule has 0 aromatic heterocycles. The first kappa shape index (κ1) is 52.8. The van der Waals surface area contributed by atoms with E-state index in [1.165, 1.54) is 57.8 Å². The van der Waals surface area contributed by atoms with E-state index in [0.717, 1.165) is 116 Å². The summed E-state index contributed by atoms with van der Waals surface area (Å²) in [7, 11) is 0. The van der Waals surface area contributed by atoms with Crippen LogP contribution in [0.25, 0.3) is 0 Å². The highest BCUT2D eigenvalue weighted by Gasteiger charge is 2.44. The molecular weight excluding hydrogens is 761 g/mol. The molecule has 4 rings (SSSR count). The number of carbonyl (C=O) groups excluding carboxylic acids is 1. The van der Waals surface area contributed by atoms with Crippen molar-refractivity contribution in [3.05, 3.63) is 0 Å². The first-order valence-corrected chi connectivity index (χ1v) is 25.1. The molecule has 3 N–H and O–H groups in total. The highest BCUT2D eigenvalue weighted by Crippen LogP contribution is 2.46. The van der Waals surface area contributed by atoms with Gasteiger partial charge in [0.25, 0.3) is 0 Å². The van der Waals surface area contributed by atoms with Crippen LogP contribution in [0.2, 0.25) is 0 Å². The lowest BCUT2D eigenvalue weighted by Gasteiger charge is -2.31. The summed E-state index contributed by atoms with van der Waals surface area (Å²) in [6.45, 7) is 11.8. The van der Waals surface area contributed by atoms with Crippen molar-refractivity contribution < 1.29 is 48.7 Å². The first-order chi connectivity index (χ1) is 28.9.